The molecule has 8 heteroatoms. The van der Waals surface area contributed by atoms with Gasteiger partial charge in [-0.15, -0.1) is 0 Å². The van der Waals surface area contributed by atoms with E-state index < -0.39 is 12.1 Å². The highest BCUT2D eigenvalue weighted by molar-refractivity contribution is 5.96. The lowest BCUT2D eigenvalue weighted by Crippen LogP contribution is -2.56. The number of carbonyl (C=O) groups excluding carboxylic acids is 3. The summed E-state index contributed by atoms with van der Waals surface area (Å²) >= 11 is 0. The van der Waals surface area contributed by atoms with Crippen molar-refractivity contribution in [3.63, 3.8) is 0 Å². The van der Waals surface area contributed by atoms with Crippen LogP contribution in [0.25, 0.3) is 0 Å². The summed E-state index contributed by atoms with van der Waals surface area (Å²) in [4.78, 5) is 38.9. The number of nitrogens with one attached hydrogen (secondary N) is 2. The number of nitrogens with zero attached hydrogens (tertiary/aromatic N) is 2. The largest absolute Gasteiger partial charge is 0.449 e. The molecule has 1 heterocycles. The molecule has 1 atom stereocenters. The number of carbonyl (C=O) groups is 3. The molecular weight excluding hydrogens is 300 g/mol. The minimum absolute atomic E-state index is 0.304. The predicted molar refractivity (Wildman–Crippen MR) is 86.0 cm³/mol. The first-order valence-corrected chi connectivity index (χ1v) is 8.09. The van der Waals surface area contributed by atoms with Crippen LogP contribution >= 0.6 is 0 Å². The van der Waals surface area contributed by atoms with Crippen LogP contribution in [0.15, 0.2) is 0 Å². The molecule has 0 radical (unpaired) electrons. The Labute approximate surface area is 137 Å². The molecular formula is C15H28N4O4. The van der Waals surface area contributed by atoms with Gasteiger partial charge in [0.1, 0.15) is 0 Å². The Bertz CT molecular complexity index is 420. The van der Waals surface area contributed by atoms with E-state index in [2.05, 4.69) is 10.6 Å². The average molecular weight is 328 g/mol. The smallest absolute Gasteiger partial charge is 0.409 e. The Morgan fingerprint density at radius 2 is 1.70 bits per heavy atom. The van der Waals surface area contributed by atoms with E-state index in [1.807, 2.05) is 18.7 Å². The van der Waals surface area contributed by atoms with Gasteiger partial charge < -0.3 is 15.0 Å². The number of hydrogen-bond acceptors (Lipinski definition) is 5. The van der Waals surface area contributed by atoms with Gasteiger partial charge in [0.25, 0.3) is 0 Å². The highest BCUT2D eigenvalue weighted by Gasteiger charge is 2.28. The number of piperazine rings is 1. The Balaban J connectivity index is 2.38. The molecule has 132 valence electrons. The second kappa shape index (κ2) is 9.34. The van der Waals surface area contributed by atoms with Crippen LogP contribution in [0.1, 0.15) is 27.7 Å². The standard InChI is InChI=1S/C15H28N4O4/c1-5-16-14(21)17-13(20)12(4)18-6-8-19(9-7-18)15(22)23-10-11(2)3/h11-12H,5-10H2,1-4H3,(H2,16,17,20,21)/t12-/m1/s1. The zero-order valence-electron chi connectivity index (χ0n) is 14.4. The third-order valence-electron chi connectivity index (χ3n) is 3.61. The van der Waals surface area contributed by atoms with Gasteiger partial charge in [0.05, 0.1) is 12.6 Å². The maximum Gasteiger partial charge on any atom is 0.409 e. The quantitative estimate of drug-likeness (QED) is 0.772. The van der Waals surface area contributed by atoms with Gasteiger partial charge in [-0.2, -0.15) is 0 Å². The molecule has 23 heavy (non-hydrogen) atoms. The summed E-state index contributed by atoms with van der Waals surface area (Å²) in [5, 5.41) is 4.83. The van der Waals surface area contributed by atoms with Crippen molar-refractivity contribution in [2.45, 2.75) is 33.7 Å². The van der Waals surface area contributed by atoms with E-state index in [1.165, 1.54) is 0 Å². The first-order valence-electron chi connectivity index (χ1n) is 8.09. The number of urea groups is 1. The third kappa shape index (κ3) is 6.43. The fraction of sp³-hybridized carbons (Fsp3) is 0.800. The highest BCUT2D eigenvalue weighted by Crippen LogP contribution is 2.08. The van der Waals surface area contributed by atoms with Crippen molar-refractivity contribution in [2.75, 3.05) is 39.3 Å². The number of ether oxygens (including phenoxy) is 1. The molecule has 1 fully saturated rings. The van der Waals surface area contributed by atoms with Crippen LogP contribution < -0.4 is 10.6 Å². The van der Waals surface area contributed by atoms with Crippen LogP contribution in [0.5, 0.6) is 0 Å². The molecule has 8 nitrogen and oxygen atoms in total. The van der Waals surface area contributed by atoms with E-state index in [9.17, 15) is 14.4 Å². The van der Waals surface area contributed by atoms with E-state index in [4.69, 9.17) is 4.74 Å². The van der Waals surface area contributed by atoms with Gasteiger partial charge >= 0.3 is 12.1 Å². The summed E-state index contributed by atoms with van der Waals surface area (Å²) < 4.78 is 5.20. The van der Waals surface area contributed by atoms with Crippen molar-refractivity contribution in [1.82, 2.24) is 20.4 Å². The maximum atomic E-state index is 12.0. The normalized spacial score (nSPS) is 16.8. The van der Waals surface area contributed by atoms with E-state index in [0.29, 0.717) is 45.2 Å². The lowest BCUT2D eigenvalue weighted by atomic mass is 10.2. The van der Waals surface area contributed by atoms with Crippen molar-refractivity contribution < 1.29 is 19.1 Å². The van der Waals surface area contributed by atoms with E-state index in [1.54, 1.807) is 18.7 Å². The lowest BCUT2D eigenvalue weighted by molar-refractivity contribution is -0.125. The predicted octanol–water partition coefficient (Wildman–Crippen LogP) is 0.631. The summed E-state index contributed by atoms with van der Waals surface area (Å²) in [6.07, 6.45) is -0.308. The SMILES string of the molecule is CCNC(=O)NC(=O)[C@@H](C)N1CCN(C(=O)OCC(C)C)CC1. The maximum absolute atomic E-state index is 12.0. The van der Waals surface area contributed by atoms with Crippen LogP contribution in [0.2, 0.25) is 0 Å². The molecule has 0 unspecified atom stereocenters. The summed E-state index contributed by atoms with van der Waals surface area (Å²) in [5.74, 6) is -0.0370. The molecule has 4 amide bonds. The first-order chi connectivity index (χ1) is 10.8. The minimum atomic E-state index is -0.486. The Hall–Kier alpha value is -1.83. The van der Waals surface area contributed by atoms with Crippen molar-refractivity contribution in [2.24, 2.45) is 5.92 Å². The van der Waals surface area contributed by atoms with Crippen LogP contribution in [0.4, 0.5) is 9.59 Å². The van der Waals surface area contributed by atoms with Gasteiger partial charge in [-0.3, -0.25) is 15.0 Å². The fourth-order valence-electron chi connectivity index (χ4n) is 2.21. The van der Waals surface area contributed by atoms with E-state index in [0.717, 1.165) is 0 Å². The van der Waals surface area contributed by atoms with Gasteiger partial charge in [0.15, 0.2) is 0 Å². The number of imide groups is 1. The highest BCUT2D eigenvalue weighted by atomic mass is 16.6. The summed E-state index contributed by atoms with van der Waals surface area (Å²) in [6.45, 7) is 10.5. The van der Waals surface area contributed by atoms with Crippen LogP contribution in [-0.2, 0) is 9.53 Å². The van der Waals surface area contributed by atoms with Crippen molar-refractivity contribution in [1.29, 1.82) is 0 Å². The molecule has 0 saturated carbocycles. The second-order valence-corrected chi connectivity index (χ2v) is 6.02. The molecule has 1 saturated heterocycles. The van der Waals surface area contributed by atoms with Crippen molar-refractivity contribution in [3.05, 3.63) is 0 Å². The third-order valence-corrected chi connectivity index (χ3v) is 3.61. The Kier molecular flexibility index (Phi) is 7.80. The molecule has 0 aromatic rings. The zero-order chi connectivity index (χ0) is 17.4. The minimum Gasteiger partial charge on any atom is -0.449 e. The van der Waals surface area contributed by atoms with Gasteiger partial charge in [-0.05, 0) is 19.8 Å². The number of hydrogen-bond donors (Lipinski definition) is 2. The molecule has 0 bridgehead atoms. The molecule has 1 aliphatic rings. The molecule has 0 aliphatic carbocycles. The fourth-order valence-corrected chi connectivity index (χ4v) is 2.21. The van der Waals surface area contributed by atoms with Gasteiger partial charge in [0.2, 0.25) is 5.91 Å². The number of rotatable bonds is 5. The zero-order valence-corrected chi connectivity index (χ0v) is 14.4. The number of amides is 4. The Morgan fingerprint density at radius 3 is 2.22 bits per heavy atom. The van der Waals surface area contributed by atoms with Crippen molar-refractivity contribution in [3.8, 4) is 0 Å². The lowest BCUT2D eigenvalue weighted by Gasteiger charge is -2.36. The van der Waals surface area contributed by atoms with Gasteiger partial charge in [-0.25, -0.2) is 9.59 Å². The summed E-state index contributed by atoms with van der Waals surface area (Å²) in [6, 6.07) is -0.910. The molecule has 2 N–H and O–H groups in total. The molecule has 0 aromatic heterocycles. The topological polar surface area (TPSA) is 91.0 Å². The molecule has 1 aliphatic heterocycles. The van der Waals surface area contributed by atoms with Gasteiger partial charge in [0, 0.05) is 32.7 Å². The summed E-state index contributed by atoms with van der Waals surface area (Å²) in [7, 11) is 0. The second-order valence-electron chi connectivity index (χ2n) is 6.02. The monoisotopic (exact) mass is 328 g/mol. The molecule has 0 aromatic carbocycles. The first kappa shape index (κ1) is 19.2. The summed E-state index contributed by atoms with van der Waals surface area (Å²) in [5.41, 5.74) is 0. The Morgan fingerprint density at radius 1 is 1.09 bits per heavy atom. The molecule has 0 spiro atoms. The van der Waals surface area contributed by atoms with Gasteiger partial charge in [-0.1, -0.05) is 13.8 Å². The van der Waals surface area contributed by atoms with Crippen LogP contribution in [-0.4, -0.2) is 73.2 Å². The average Bonchev–Trinajstić information content (AvgIpc) is 2.52. The van der Waals surface area contributed by atoms with E-state index in [-0.39, 0.29) is 12.0 Å². The van der Waals surface area contributed by atoms with Crippen LogP contribution in [0, 0.1) is 5.92 Å². The van der Waals surface area contributed by atoms with E-state index >= 15 is 0 Å². The molecule has 1 rings (SSSR count). The van der Waals surface area contributed by atoms with Crippen LogP contribution in [0.3, 0.4) is 0 Å². The van der Waals surface area contributed by atoms with Crippen molar-refractivity contribution >= 4 is 18.0 Å².